The molecule has 27 heavy (non-hydrogen) atoms. The Balaban J connectivity index is 2.05. The highest BCUT2D eigenvalue weighted by Crippen LogP contribution is 2.38. The van der Waals surface area contributed by atoms with E-state index in [1.54, 1.807) is 22.9 Å². The van der Waals surface area contributed by atoms with Gasteiger partial charge in [-0.25, -0.2) is 8.42 Å². The van der Waals surface area contributed by atoms with Gasteiger partial charge in [-0.1, -0.05) is 11.6 Å². The monoisotopic (exact) mass is 422 g/mol. The first-order valence-corrected chi connectivity index (χ1v) is 9.59. The van der Waals surface area contributed by atoms with Crippen molar-refractivity contribution >= 4 is 27.6 Å². The summed E-state index contributed by atoms with van der Waals surface area (Å²) in [6, 6.07) is 4.28. The Morgan fingerprint density at radius 3 is 2.56 bits per heavy atom. The number of carbonyl (C=O) groups is 1. The molecule has 1 unspecified atom stereocenters. The maximum absolute atomic E-state index is 13.1. The molecule has 0 fully saturated rings. The van der Waals surface area contributed by atoms with Gasteiger partial charge in [0.1, 0.15) is 4.90 Å². The van der Waals surface area contributed by atoms with E-state index in [1.807, 2.05) is 0 Å². The quantitative estimate of drug-likeness (QED) is 0.819. The number of aromatic nitrogens is 1. The second-order valence-corrected chi connectivity index (χ2v) is 8.27. The normalized spacial score (nSPS) is 18.3. The van der Waals surface area contributed by atoms with Crippen molar-refractivity contribution in [1.29, 1.82) is 0 Å². The minimum absolute atomic E-state index is 0.0285. The van der Waals surface area contributed by atoms with Crippen LogP contribution in [0, 0.1) is 0 Å². The molecular weight excluding hydrogens is 409 g/mol. The summed E-state index contributed by atoms with van der Waals surface area (Å²) in [5.41, 5.74) is -0.573. The Morgan fingerprint density at radius 2 is 1.96 bits per heavy atom. The lowest BCUT2D eigenvalue weighted by Gasteiger charge is -2.35. The van der Waals surface area contributed by atoms with E-state index in [1.165, 1.54) is 0 Å². The maximum Gasteiger partial charge on any atom is 0.416 e. The van der Waals surface area contributed by atoms with Gasteiger partial charge in [0.15, 0.2) is 0 Å². The Hall–Kier alpha value is -2.04. The highest BCUT2D eigenvalue weighted by Gasteiger charge is 2.39. The van der Waals surface area contributed by atoms with Gasteiger partial charge < -0.3 is 9.67 Å². The molecule has 2 aromatic rings. The molecule has 0 aliphatic carbocycles. The van der Waals surface area contributed by atoms with E-state index in [0.717, 1.165) is 10.4 Å². The minimum Gasteiger partial charge on any atom is -0.481 e. The molecule has 0 bridgehead atoms. The van der Waals surface area contributed by atoms with Crippen molar-refractivity contribution in [2.24, 2.45) is 0 Å². The molecule has 11 heteroatoms. The molecule has 146 valence electrons. The van der Waals surface area contributed by atoms with Crippen molar-refractivity contribution in [2.75, 3.05) is 6.54 Å². The lowest BCUT2D eigenvalue weighted by atomic mass is 10.1. The lowest BCUT2D eigenvalue weighted by molar-refractivity contribution is -0.139. The zero-order valence-corrected chi connectivity index (χ0v) is 15.2. The number of fused-ring (bicyclic) bond motifs is 1. The first kappa shape index (κ1) is 19.7. The van der Waals surface area contributed by atoms with Crippen LogP contribution in [0.5, 0.6) is 0 Å². The Bertz CT molecular complexity index is 988. The fraction of sp³-hybridized carbons (Fsp3) is 0.312. The van der Waals surface area contributed by atoms with Gasteiger partial charge in [0, 0.05) is 25.0 Å². The molecule has 1 N–H and O–H groups in total. The molecule has 1 atom stereocenters. The number of benzene rings is 1. The average molecular weight is 423 g/mol. The smallest absolute Gasteiger partial charge is 0.416 e. The van der Waals surface area contributed by atoms with Crippen molar-refractivity contribution in [3.8, 4) is 0 Å². The summed E-state index contributed by atoms with van der Waals surface area (Å²) in [6.07, 6.45) is -3.44. The Morgan fingerprint density at radius 1 is 1.26 bits per heavy atom. The van der Waals surface area contributed by atoms with Gasteiger partial charge in [-0.2, -0.15) is 17.5 Å². The summed E-state index contributed by atoms with van der Waals surface area (Å²) in [7, 11) is -4.31. The zero-order valence-electron chi connectivity index (χ0n) is 13.6. The van der Waals surface area contributed by atoms with Crippen LogP contribution in [0.15, 0.2) is 41.4 Å². The number of alkyl halides is 3. The number of nitrogens with zero attached hydrogens (tertiary/aromatic N) is 2. The highest BCUT2D eigenvalue weighted by molar-refractivity contribution is 7.89. The van der Waals surface area contributed by atoms with Gasteiger partial charge in [0.2, 0.25) is 10.0 Å². The summed E-state index contributed by atoms with van der Waals surface area (Å²) in [4.78, 5) is 10.8. The van der Waals surface area contributed by atoms with Gasteiger partial charge in [0.05, 0.1) is 23.0 Å². The van der Waals surface area contributed by atoms with E-state index < -0.39 is 50.1 Å². The van der Waals surface area contributed by atoms with Crippen molar-refractivity contribution < 1.29 is 31.5 Å². The molecule has 1 aromatic carbocycles. The molecule has 0 saturated heterocycles. The number of carboxylic acid groups (broad SMARTS) is 1. The highest BCUT2D eigenvalue weighted by atomic mass is 35.5. The summed E-state index contributed by atoms with van der Waals surface area (Å²) in [5, 5.41) is 8.61. The average Bonchev–Trinajstić information content (AvgIpc) is 3.02. The van der Waals surface area contributed by atoms with Crippen LogP contribution in [-0.2, 0) is 27.5 Å². The second-order valence-electron chi connectivity index (χ2n) is 6.00. The molecule has 3 rings (SSSR count). The summed E-state index contributed by atoms with van der Waals surface area (Å²) < 4.78 is 67.2. The summed E-state index contributed by atoms with van der Waals surface area (Å²) >= 11 is 5.84. The Labute approximate surface area is 157 Å². The second kappa shape index (κ2) is 6.84. The first-order valence-electron chi connectivity index (χ1n) is 7.77. The number of rotatable bonds is 4. The molecule has 1 aliphatic heterocycles. The van der Waals surface area contributed by atoms with E-state index in [2.05, 4.69) is 0 Å². The van der Waals surface area contributed by atoms with E-state index in [9.17, 15) is 31.5 Å². The van der Waals surface area contributed by atoms with Crippen LogP contribution in [0.25, 0.3) is 0 Å². The van der Waals surface area contributed by atoms with Crippen molar-refractivity contribution in [3.63, 3.8) is 0 Å². The number of hydrogen-bond donors (Lipinski definition) is 1. The standard InChI is InChI=1S/C16H14ClF3N2O4S/c17-11-8-10(16(18,19)20)3-4-14(11)27(25,26)22-7-6-21-5-1-2-12(21)13(22)9-15(23)24/h1-5,8,13H,6-7,9H2,(H,23,24). The van der Waals surface area contributed by atoms with Gasteiger partial charge in [0.25, 0.3) is 0 Å². The van der Waals surface area contributed by atoms with Crippen LogP contribution in [0.2, 0.25) is 5.02 Å². The van der Waals surface area contributed by atoms with Crippen LogP contribution in [0.4, 0.5) is 13.2 Å². The van der Waals surface area contributed by atoms with Crippen molar-refractivity contribution in [1.82, 2.24) is 8.87 Å². The van der Waals surface area contributed by atoms with Gasteiger partial charge >= 0.3 is 12.1 Å². The topological polar surface area (TPSA) is 79.6 Å². The zero-order chi connectivity index (χ0) is 20.0. The van der Waals surface area contributed by atoms with Crippen LogP contribution in [0.1, 0.15) is 23.7 Å². The number of carboxylic acids is 1. The fourth-order valence-electron chi connectivity index (χ4n) is 3.12. The van der Waals surface area contributed by atoms with E-state index in [-0.39, 0.29) is 13.1 Å². The number of hydrogen-bond acceptors (Lipinski definition) is 3. The molecule has 0 radical (unpaired) electrons. The van der Waals surface area contributed by atoms with Gasteiger partial charge in [-0.3, -0.25) is 4.79 Å². The minimum atomic E-state index is -4.66. The van der Waals surface area contributed by atoms with E-state index >= 15 is 0 Å². The van der Waals surface area contributed by atoms with Crippen LogP contribution in [-0.4, -0.2) is 34.9 Å². The number of halogens is 4. The Kier molecular flexibility index (Phi) is 5.00. The van der Waals surface area contributed by atoms with Gasteiger partial charge in [-0.15, -0.1) is 0 Å². The molecular formula is C16H14ClF3N2O4S. The molecule has 1 aliphatic rings. The van der Waals surface area contributed by atoms with Crippen molar-refractivity contribution in [2.45, 2.75) is 30.1 Å². The van der Waals surface area contributed by atoms with E-state index in [4.69, 9.17) is 11.6 Å². The molecule has 2 heterocycles. The first-order chi connectivity index (χ1) is 12.5. The van der Waals surface area contributed by atoms with E-state index in [0.29, 0.717) is 17.8 Å². The largest absolute Gasteiger partial charge is 0.481 e. The van der Waals surface area contributed by atoms with Crippen molar-refractivity contribution in [3.05, 3.63) is 52.8 Å². The summed E-state index contributed by atoms with van der Waals surface area (Å²) in [5.74, 6) is -1.20. The molecule has 0 amide bonds. The van der Waals surface area contributed by atoms with Crippen LogP contribution >= 0.6 is 11.6 Å². The van der Waals surface area contributed by atoms with Crippen LogP contribution in [0.3, 0.4) is 0 Å². The third-order valence-corrected chi connectivity index (χ3v) is 6.72. The third kappa shape index (κ3) is 3.69. The fourth-order valence-corrected chi connectivity index (χ4v) is 5.23. The molecule has 6 nitrogen and oxygen atoms in total. The lowest BCUT2D eigenvalue weighted by Crippen LogP contribution is -2.42. The maximum atomic E-state index is 13.1. The molecule has 0 saturated carbocycles. The molecule has 0 spiro atoms. The molecule has 1 aromatic heterocycles. The van der Waals surface area contributed by atoms with Crippen LogP contribution < -0.4 is 0 Å². The third-order valence-electron chi connectivity index (χ3n) is 4.33. The number of sulfonamides is 1. The SMILES string of the molecule is O=C(O)CC1c2cccn2CCN1S(=O)(=O)c1ccc(C(F)(F)F)cc1Cl. The summed E-state index contributed by atoms with van der Waals surface area (Å²) in [6.45, 7) is 0.259. The number of aliphatic carboxylic acids is 1. The predicted octanol–water partition coefficient (Wildman–Crippen LogP) is 3.38. The predicted molar refractivity (Wildman–Crippen MR) is 89.8 cm³/mol. The van der Waals surface area contributed by atoms with Gasteiger partial charge in [-0.05, 0) is 30.3 Å².